The zero-order chi connectivity index (χ0) is 21.1. The first-order valence-corrected chi connectivity index (χ1v) is 8.99. The first-order valence-electron chi connectivity index (χ1n) is 8.27. The fourth-order valence-corrected chi connectivity index (χ4v) is 3.26. The van der Waals surface area contributed by atoms with Crippen molar-refractivity contribution >= 4 is 29.3 Å². The Balaban J connectivity index is 2.13. The maximum atomic E-state index is 12.8. The van der Waals surface area contributed by atoms with E-state index in [9.17, 15) is 20.0 Å². The smallest absolute Gasteiger partial charge is 0.327 e. The van der Waals surface area contributed by atoms with E-state index >= 15 is 0 Å². The van der Waals surface area contributed by atoms with Crippen LogP contribution in [0.15, 0.2) is 47.5 Å². The number of benzene rings is 1. The minimum absolute atomic E-state index is 0.0575. The van der Waals surface area contributed by atoms with Gasteiger partial charge in [0.25, 0.3) is 5.56 Å². The monoisotopic (exact) mass is 432 g/mol. The van der Waals surface area contributed by atoms with E-state index in [1.54, 1.807) is 18.2 Å². The molecule has 10 heteroatoms. The lowest BCUT2D eigenvalue weighted by Gasteiger charge is -2.18. The van der Waals surface area contributed by atoms with Crippen LogP contribution in [0.1, 0.15) is 17.3 Å². The topological polar surface area (TPSA) is 110 Å². The van der Waals surface area contributed by atoms with Crippen molar-refractivity contribution in [3.05, 3.63) is 69.4 Å². The van der Waals surface area contributed by atoms with Crippen LogP contribution in [0, 0.1) is 11.3 Å². The van der Waals surface area contributed by atoms with E-state index in [-0.39, 0.29) is 12.2 Å². The van der Waals surface area contributed by atoms with Crippen molar-refractivity contribution in [2.24, 2.45) is 0 Å². The van der Waals surface area contributed by atoms with Crippen LogP contribution in [0.4, 0.5) is 0 Å². The molecule has 0 amide bonds. The summed E-state index contributed by atoms with van der Waals surface area (Å²) in [5, 5.41) is 23.4. The number of carboxylic acid groups (broad SMARTS) is 1. The summed E-state index contributed by atoms with van der Waals surface area (Å²) in [5.41, 5.74) is 0.870. The number of aliphatic carboxylic acids is 1. The molecule has 0 aliphatic heterocycles. The molecule has 0 radical (unpaired) electrons. The Morgan fingerprint density at radius 1 is 1.34 bits per heavy atom. The Morgan fingerprint density at radius 3 is 2.69 bits per heavy atom. The van der Waals surface area contributed by atoms with Crippen LogP contribution in [-0.4, -0.2) is 32.1 Å². The van der Waals surface area contributed by atoms with Gasteiger partial charge in [-0.05, 0) is 24.3 Å². The first-order chi connectivity index (χ1) is 13.8. The summed E-state index contributed by atoms with van der Waals surface area (Å²) in [6.07, 6.45) is 2.71. The van der Waals surface area contributed by atoms with Crippen molar-refractivity contribution < 1.29 is 14.6 Å². The summed E-state index contributed by atoms with van der Waals surface area (Å²) >= 11 is 11.8. The number of hydrogen-bond acceptors (Lipinski definition) is 5. The number of carboxylic acids is 1. The van der Waals surface area contributed by atoms with Crippen molar-refractivity contribution in [3.63, 3.8) is 0 Å². The maximum absolute atomic E-state index is 12.8. The summed E-state index contributed by atoms with van der Waals surface area (Å²) in [5.74, 6) is -0.996. The van der Waals surface area contributed by atoms with Crippen molar-refractivity contribution in [3.8, 4) is 22.9 Å². The van der Waals surface area contributed by atoms with E-state index in [0.29, 0.717) is 27.4 Å². The van der Waals surface area contributed by atoms with Gasteiger partial charge in [0.05, 0.1) is 30.6 Å². The summed E-state index contributed by atoms with van der Waals surface area (Å²) < 4.78 is 7.45. The highest BCUT2D eigenvalue weighted by Crippen LogP contribution is 2.33. The molecule has 0 aliphatic rings. The predicted molar refractivity (Wildman–Crippen MR) is 106 cm³/mol. The number of carbonyl (C=O) groups is 1. The second-order valence-electron chi connectivity index (χ2n) is 6.06. The van der Waals surface area contributed by atoms with E-state index in [0.717, 1.165) is 8.77 Å². The zero-order valence-corrected chi connectivity index (χ0v) is 16.6. The molecule has 0 fully saturated rings. The molecule has 2 heterocycles. The van der Waals surface area contributed by atoms with Gasteiger partial charge in [0.1, 0.15) is 11.8 Å². The quantitative estimate of drug-likeness (QED) is 0.640. The van der Waals surface area contributed by atoms with E-state index in [4.69, 9.17) is 28.1 Å². The Hall–Kier alpha value is -3.28. The van der Waals surface area contributed by atoms with Crippen LogP contribution in [-0.2, 0) is 11.2 Å². The van der Waals surface area contributed by atoms with Crippen LogP contribution in [0.3, 0.4) is 0 Å². The highest BCUT2D eigenvalue weighted by Gasteiger charge is 2.24. The number of aromatic nitrogens is 3. The highest BCUT2D eigenvalue weighted by atomic mass is 35.5. The number of pyridine rings is 1. The van der Waals surface area contributed by atoms with Gasteiger partial charge in [-0.3, -0.25) is 9.36 Å². The molecular weight excluding hydrogens is 419 g/mol. The number of rotatable bonds is 6. The average Bonchev–Trinajstić information content (AvgIpc) is 3.11. The molecule has 0 saturated carbocycles. The minimum Gasteiger partial charge on any atom is -0.495 e. The third-order valence-electron chi connectivity index (χ3n) is 4.29. The molecule has 1 aromatic carbocycles. The normalized spacial score (nSPS) is 11.7. The van der Waals surface area contributed by atoms with Crippen LogP contribution in [0.2, 0.25) is 5.02 Å². The number of hydrogen-bond donors (Lipinski definition) is 1. The molecule has 0 bridgehead atoms. The Morgan fingerprint density at radius 2 is 2.10 bits per heavy atom. The minimum atomic E-state index is -1.23. The van der Waals surface area contributed by atoms with Gasteiger partial charge in [-0.1, -0.05) is 11.6 Å². The van der Waals surface area contributed by atoms with Crippen LogP contribution < -0.4 is 10.3 Å². The van der Waals surface area contributed by atoms with Gasteiger partial charge in [-0.25, -0.2) is 4.79 Å². The lowest BCUT2D eigenvalue weighted by Crippen LogP contribution is -2.31. The third kappa shape index (κ3) is 4.26. The number of ether oxygens (including phenoxy) is 1. The van der Waals surface area contributed by atoms with Gasteiger partial charge >= 0.3 is 5.97 Å². The third-order valence-corrected chi connectivity index (χ3v) is 4.72. The summed E-state index contributed by atoms with van der Waals surface area (Å²) in [6, 6.07) is 8.24. The number of nitriles is 1. The predicted octanol–water partition coefficient (Wildman–Crippen LogP) is 3.12. The molecule has 2 aromatic heterocycles. The molecule has 3 aromatic rings. The van der Waals surface area contributed by atoms with Gasteiger partial charge in [-0.2, -0.15) is 14.6 Å². The second kappa shape index (κ2) is 8.39. The SMILES string of the molecule is COc1cn(C(Cc2ccn(Cl)n2)C(=O)O)c(=O)cc1-c1cc(Cl)ccc1C#N. The Bertz CT molecular complexity index is 1180. The molecule has 0 saturated heterocycles. The first kappa shape index (κ1) is 20.5. The standard InChI is InChI=1S/C19H14Cl2N4O4/c1-29-17-10-24(16(19(27)28)7-13-4-5-25(21)23-13)18(26)8-15(17)14-6-12(20)3-2-11(14)9-22/h2-6,8,10,16H,7H2,1H3,(H,27,28). The lowest BCUT2D eigenvalue weighted by atomic mass is 10.00. The lowest BCUT2D eigenvalue weighted by molar-refractivity contribution is -0.141. The zero-order valence-electron chi connectivity index (χ0n) is 15.0. The average molecular weight is 433 g/mol. The largest absolute Gasteiger partial charge is 0.495 e. The fraction of sp³-hybridized carbons (Fsp3) is 0.158. The van der Waals surface area contributed by atoms with E-state index in [2.05, 4.69) is 5.10 Å². The second-order valence-corrected chi connectivity index (χ2v) is 6.84. The van der Waals surface area contributed by atoms with Gasteiger partial charge < -0.3 is 9.84 Å². The molecule has 1 unspecified atom stereocenters. The van der Waals surface area contributed by atoms with Crippen LogP contribution >= 0.6 is 23.4 Å². The summed E-state index contributed by atoms with van der Waals surface area (Å²) in [4.78, 5) is 24.6. The molecule has 0 aliphatic carbocycles. The molecule has 3 rings (SSSR count). The van der Waals surface area contributed by atoms with E-state index in [1.165, 1.54) is 31.6 Å². The summed E-state index contributed by atoms with van der Waals surface area (Å²) in [7, 11) is 1.38. The molecule has 1 N–H and O–H groups in total. The van der Waals surface area contributed by atoms with Gasteiger partial charge in [0.15, 0.2) is 0 Å². The molecule has 29 heavy (non-hydrogen) atoms. The highest BCUT2D eigenvalue weighted by molar-refractivity contribution is 6.31. The molecule has 0 spiro atoms. The van der Waals surface area contributed by atoms with E-state index < -0.39 is 17.6 Å². The van der Waals surface area contributed by atoms with Gasteiger partial charge in [-0.15, -0.1) is 0 Å². The number of methoxy groups -OCH3 is 1. The van der Waals surface area contributed by atoms with Crippen molar-refractivity contribution in [2.45, 2.75) is 12.5 Å². The maximum Gasteiger partial charge on any atom is 0.327 e. The number of nitrogens with zero attached hydrogens (tertiary/aromatic N) is 4. The van der Waals surface area contributed by atoms with Crippen LogP contribution in [0.25, 0.3) is 11.1 Å². The molecular formula is C19H14Cl2N4O4. The van der Waals surface area contributed by atoms with Crippen molar-refractivity contribution in [1.29, 1.82) is 5.26 Å². The summed E-state index contributed by atoms with van der Waals surface area (Å²) in [6.45, 7) is 0. The van der Waals surface area contributed by atoms with Crippen molar-refractivity contribution in [2.75, 3.05) is 7.11 Å². The van der Waals surface area contributed by atoms with Crippen molar-refractivity contribution in [1.82, 2.24) is 13.9 Å². The Kier molecular flexibility index (Phi) is 5.92. The number of halogens is 2. The molecule has 1 atom stereocenters. The molecule has 8 nitrogen and oxygen atoms in total. The van der Waals surface area contributed by atoms with Gasteiger partial charge in [0.2, 0.25) is 0 Å². The fourth-order valence-electron chi connectivity index (χ4n) is 2.93. The molecule has 148 valence electrons. The Labute approximate surface area is 175 Å². The van der Waals surface area contributed by atoms with E-state index in [1.807, 2.05) is 6.07 Å². The van der Waals surface area contributed by atoms with Crippen LogP contribution in [0.5, 0.6) is 5.75 Å². The van der Waals surface area contributed by atoms with Gasteiger partial charge in [0, 0.05) is 46.6 Å².